The molecule has 0 amide bonds. The summed E-state index contributed by atoms with van der Waals surface area (Å²) in [4.78, 5) is 2.73. The smallest absolute Gasteiger partial charge is 0.0135 e. The molecular weight excluding hydrogens is 208 g/mol. The Kier molecular flexibility index (Phi) is 5.30. The highest BCUT2D eigenvalue weighted by molar-refractivity contribution is 4.86. The SMILES string of the molecule is CCN(CCC1CCCC1)C1CCCC1CN. The van der Waals surface area contributed by atoms with Crippen molar-refractivity contribution in [3.8, 4) is 0 Å². The Bertz CT molecular complexity index is 211. The van der Waals surface area contributed by atoms with Crippen molar-refractivity contribution in [2.24, 2.45) is 17.6 Å². The van der Waals surface area contributed by atoms with Gasteiger partial charge in [0.15, 0.2) is 0 Å². The van der Waals surface area contributed by atoms with Crippen molar-refractivity contribution in [2.75, 3.05) is 19.6 Å². The van der Waals surface area contributed by atoms with Crippen LogP contribution >= 0.6 is 0 Å². The summed E-state index contributed by atoms with van der Waals surface area (Å²) in [6.45, 7) is 5.75. The van der Waals surface area contributed by atoms with Crippen molar-refractivity contribution >= 4 is 0 Å². The average molecular weight is 238 g/mol. The van der Waals surface area contributed by atoms with E-state index in [1.54, 1.807) is 0 Å². The van der Waals surface area contributed by atoms with Gasteiger partial charge in [-0.2, -0.15) is 0 Å². The number of hydrogen-bond acceptors (Lipinski definition) is 2. The van der Waals surface area contributed by atoms with E-state index in [4.69, 9.17) is 5.73 Å². The molecule has 2 unspecified atom stereocenters. The van der Waals surface area contributed by atoms with Crippen molar-refractivity contribution in [3.05, 3.63) is 0 Å². The first-order valence-electron chi connectivity index (χ1n) is 7.79. The lowest BCUT2D eigenvalue weighted by Gasteiger charge is -2.32. The normalized spacial score (nSPS) is 30.5. The van der Waals surface area contributed by atoms with E-state index in [0.29, 0.717) is 0 Å². The molecule has 0 aromatic carbocycles. The fourth-order valence-electron chi connectivity index (χ4n) is 3.98. The second-order valence-corrected chi connectivity index (χ2v) is 6.06. The van der Waals surface area contributed by atoms with E-state index in [9.17, 15) is 0 Å². The Hall–Kier alpha value is -0.0800. The summed E-state index contributed by atoms with van der Waals surface area (Å²) in [6.07, 6.45) is 11.5. The van der Waals surface area contributed by atoms with E-state index >= 15 is 0 Å². The van der Waals surface area contributed by atoms with Crippen LogP contribution in [0.1, 0.15) is 58.3 Å². The highest BCUT2D eigenvalue weighted by atomic mass is 15.2. The second-order valence-electron chi connectivity index (χ2n) is 6.06. The third-order valence-corrected chi connectivity index (χ3v) is 5.10. The van der Waals surface area contributed by atoms with Gasteiger partial charge in [-0.25, -0.2) is 0 Å². The van der Waals surface area contributed by atoms with Crippen LogP contribution < -0.4 is 5.73 Å². The summed E-state index contributed by atoms with van der Waals surface area (Å²) in [7, 11) is 0. The van der Waals surface area contributed by atoms with Crippen molar-refractivity contribution in [2.45, 2.75) is 64.3 Å². The monoisotopic (exact) mass is 238 g/mol. The number of nitrogens with zero attached hydrogens (tertiary/aromatic N) is 1. The van der Waals surface area contributed by atoms with Gasteiger partial charge in [-0.3, -0.25) is 0 Å². The molecule has 0 aliphatic heterocycles. The van der Waals surface area contributed by atoms with E-state index < -0.39 is 0 Å². The minimum absolute atomic E-state index is 0.776. The molecule has 2 rings (SSSR count). The molecular formula is C15H30N2. The van der Waals surface area contributed by atoms with Crippen molar-refractivity contribution in [1.29, 1.82) is 0 Å². The van der Waals surface area contributed by atoms with E-state index in [1.807, 2.05) is 0 Å². The second kappa shape index (κ2) is 6.75. The largest absolute Gasteiger partial charge is 0.330 e. The zero-order chi connectivity index (χ0) is 12.1. The molecule has 2 nitrogen and oxygen atoms in total. The van der Waals surface area contributed by atoms with Gasteiger partial charge in [0, 0.05) is 6.04 Å². The van der Waals surface area contributed by atoms with Crippen LogP contribution in [0.2, 0.25) is 0 Å². The summed E-state index contributed by atoms with van der Waals surface area (Å²) < 4.78 is 0. The summed E-state index contributed by atoms with van der Waals surface area (Å²) in [5.41, 5.74) is 5.91. The first-order chi connectivity index (χ1) is 8.35. The summed E-state index contributed by atoms with van der Waals surface area (Å²) in [5, 5.41) is 0. The van der Waals surface area contributed by atoms with Crippen LogP contribution in [-0.4, -0.2) is 30.6 Å². The van der Waals surface area contributed by atoms with E-state index in [1.165, 1.54) is 64.5 Å². The van der Waals surface area contributed by atoms with Gasteiger partial charge in [0.1, 0.15) is 0 Å². The van der Waals surface area contributed by atoms with Crippen LogP contribution in [-0.2, 0) is 0 Å². The zero-order valence-corrected chi connectivity index (χ0v) is 11.5. The highest BCUT2D eigenvalue weighted by Gasteiger charge is 2.30. The molecule has 2 aliphatic rings. The Labute approximate surface area is 107 Å². The predicted molar refractivity (Wildman–Crippen MR) is 74.0 cm³/mol. The first-order valence-corrected chi connectivity index (χ1v) is 7.79. The van der Waals surface area contributed by atoms with Crippen LogP contribution in [0.15, 0.2) is 0 Å². The molecule has 100 valence electrons. The predicted octanol–water partition coefficient (Wildman–Crippen LogP) is 3.02. The van der Waals surface area contributed by atoms with E-state index in [2.05, 4.69) is 11.8 Å². The van der Waals surface area contributed by atoms with Crippen LogP contribution in [0.3, 0.4) is 0 Å². The lowest BCUT2D eigenvalue weighted by atomic mass is 9.99. The maximum absolute atomic E-state index is 5.91. The molecule has 2 heteroatoms. The Morgan fingerprint density at radius 1 is 1.06 bits per heavy atom. The molecule has 0 aromatic rings. The van der Waals surface area contributed by atoms with Gasteiger partial charge in [-0.05, 0) is 50.7 Å². The molecule has 0 spiro atoms. The molecule has 0 aromatic heterocycles. The Morgan fingerprint density at radius 3 is 2.47 bits per heavy atom. The van der Waals surface area contributed by atoms with Crippen molar-refractivity contribution in [1.82, 2.24) is 4.90 Å². The first kappa shape index (κ1) is 13.4. The molecule has 2 N–H and O–H groups in total. The maximum Gasteiger partial charge on any atom is 0.0135 e. The highest BCUT2D eigenvalue weighted by Crippen LogP contribution is 2.31. The van der Waals surface area contributed by atoms with E-state index in [-0.39, 0.29) is 0 Å². The summed E-state index contributed by atoms with van der Waals surface area (Å²) in [6, 6.07) is 0.798. The molecule has 2 saturated carbocycles. The molecule has 17 heavy (non-hydrogen) atoms. The van der Waals surface area contributed by atoms with Gasteiger partial charge < -0.3 is 10.6 Å². The minimum Gasteiger partial charge on any atom is -0.330 e. The van der Waals surface area contributed by atoms with Gasteiger partial charge in [-0.1, -0.05) is 39.0 Å². The van der Waals surface area contributed by atoms with Crippen LogP contribution in [0.4, 0.5) is 0 Å². The molecule has 0 heterocycles. The van der Waals surface area contributed by atoms with Crippen LogP contribution in [0.5, 0.6) is 0 Å². The summed E-state index contributed by atoms with van der Waals surface area (Å²) in [5.74, 6) is 1.81. The van der Waals surface area contributed by atoms with Gasteiger partial charge in [0.05, 0.1) is 0 Å². The fraction of sp³-hybridized carbons (Fsp3) is 1.00. The van der Waals surface area contributed by atoms with Crippen molar-refractivity contribution < 1.29 is 0 Å². The van der Waals surface area contributed by atoms with Crippen LogP contribution in [0.25, 0.3) is 0 Å². The lowest BCUT2D eigenvalue weighted by molar-refractivity contribution is 0.159. The molecule has 0 bridgehead atoms. The third-order valence-electron chi connectivity index (χ3n) is 5.10. The van der Waals surface area contributed by atoms with Gasteiger partial charge in [-0.15, -0.1) is 0 Å². The zero-order valence-electron chi connectivity index (χ0n) is 11.5. The van der Waals surface area contributed by atoms with Gasteiger partial charge in [0.25, 0.3) is 0 Å². The number of nitrogens with two attached hydrogens (primary N) is 1. The number of hydrogen-bond donors (Lipinski definition) is 1. The molecule has 0 radical (unpaired) electrons. The molecule has 2 fully saturated rings. The molecule has 0 saturated heterocycles. The molecule has 2 aliphatic carbocycles. The standard InChI is InChI=1S/C15H30N2/c1-2-17(11-10-13-6-3-4-7-13)15-9-5-8-14(15)12-16/h13-15H,2-12,16H2,1H3. The topological polar surface area (TPSA) is 29.3 Å². The average Bonchev–Trinajstić information content (AvgIpc) is 3.00. The fourth-order valence-corrected chi connectivity index (χ4v) is 3.98. The number of rotatable bonds is 6. The van der Waals surface area contributed by atoms with E-state index in [0.717, 1.165) is 24.4 Å². The Morgan fingerprint density at radius 2 is 1.82 bits per heavy atom. The minimum atomic E-state index is 0.776. The summed E-state index contributed by atoms with van der Waals surface area (Å²) >= 11 is 0. The van der Waals surface area contributed by atoms with Crippen molar-refractivity contribution in [3.63, 3.8) is 0 Å². The Balaban J connectivity index is 1.78. The quantitative estimate of drug-likeness (QED) is 0.771. The van der Waals surface area contributed by atoms with Gasteiger partial charge >= 0.3 is 0 Å². The van der Waals surface area contributed by atoms with Crippen LogP contribution in [0, 0.1) is 11.8 Å². The lowest BCUT2D eigenvalue weighted by Crippen LogP contribution is -2.41. The van der Waals surface area contributed by atoms with Gasteiger partial charge in [0.2, 0.25) is 0 Å². The maximum atomic E-state index is 5.91. The third kappa shape index (κ3) is 3.45. The molecule has 2 atom stereocenters.